The van der Waals surface area contributed by atoms with E-state index in [1.54, 1.807) is 0 Å². The van der Waals surface area contributed by atoms with E-state index in [1.807, 2.05) is 28.8 Å². The minimum absolute atomic E-state index is 0.206. The average molecular weight is 291 g/mol. The lowest BCUT2D eigenvalue weighted by Gasteiger charge is -2.14. The van der Waals surface area contributed by atoms with Crippen molar-refractivity contribution in [1.82, 2.24) is 14.8 Å². The van der Waals surface area contributed by atoms with Crippen molar-refractivity contribution in [3.8, 4) is 11.4 Å². The summed E-state index contributed by atoms with van der Waals surface area (Å²) in [5.74, 6) is 1.82. The molecule has 5 heteroatoms. The molecule has 0 saturated carbocycles. The van der Waals surface area contributed by atoms with Crippen LogP contribution in [-0.2, 0) is 6.42 Å². The van der Waals surface area contributed by atoms with Crippen LogP contribution in [0.5, 0.6) is 5.75 Å². The van der Waals surface area contributed by atoms with Gasteiger partial charge in [0.15, 0.2) is 4.77 Å². The van der Waals surface area contributed by atoms with Crippen molar-refractivity contribution in [3.05, 3.63) is 34.9 Å². The van der Waals surface area contributed by atoms with Crippen molar-refractivity contribution in [2.45, 2.75) is 46.1 Å². The molecule has 0 bridgehead atoms. The number of benzene rings is 1. The molecule has 2 aromatic rings. The highest BCUT2D eigenvalue weighted by Gasteiger charge is 2.09. The summed E-state index contributed by atoms with van der Waals surface area (Å²) in [4.78, 5) is 0. The van der Waals surface area contributed by atoms with Gasteiger partial charge in [-0.15, -0.1) is 0 Å². The normalized spacial score (nSPS) is 12.3. The van der Waals surface area contributed by atoms with E-state index in [4.69, 9.17) is 17.0 Å². The second kappa shape index (κ2) is 6.70. The lowest BCUT2D eigenvalue weighted by atomic mass is 10.2. The smallest absolute Gasteiger partial charge is 0.199 e. The van der Waals surface area contributed by atoms with Crippen LogP contribution >= 0.6 is 12.2 Å². The monoisotopic (exact) mass is 291 g/mol. The van der Waals surface area contributed by atoms with Crippen LogP contribution in [0.3, 0.4) is 0 Å². The van der Waals surface area contributed by atoms with Crippen LogP contribution in [0.2, 0.25) is 0 Å². The molecular weight excluding hydrogens is 270 g/mol. The Labute approximate surface area is 124 Å². The lowest BCUT2D eigenvalue weighted by Crippen LogP contribution is -2.10. The Bertz CT molecular complexity index is 618. The number of aromatic amines is 1. The van der Waals surface area contributed by atoms with E-state index < -0.39 is 0 Å². The number of ether oxygens (including phenoxy) is 1. The first-order valence-corrected chi connectivity index (χ1v) is 7.49. The molecule has 4 nitrogen and oxygen atoms in total. The van der Waals surface area contributed by atoms with Gasteiger partial charge in [0, 0.05) is 12.5 Å². The van der Waals surface area contributed by atoms with Crippen molar-refractivity contribution in [2.24, 2.45) is 0 Å². The maximum Gasteiger partial charge on any atom is 0.199 e. The molecule has 0 aliphatic carbocycles. The predicted molar refractivity (Wildman–Crippen MR) is 83.1 cm³/mol. The van der Waals surface area contributed by atoms with E-state index in [2.05, 4.69) is 31.0 Å². The summed E-state index contributed by atoms with van der Waals surface area (Å²) in [5, 5.41) is 7.16. The Morgan fingerprint density at radius 2 is 2.20 bits per heavy atom. The number of nitrogens with zero attached hydrogens (tertiary/aromatic N) is 2. The van der Waals surface area contributed by atoms with E-state index in [0.717, 1.165) is 36.5 Å². The van der Waals surface area contributed by atoms with Crippen LogP contribution in [0.25, 0.3) is 5.69 Å². The molecular formula is C15H21N3OS. The highest BCUT2D eigenvalue weighted by molar-refractivity contribution is 7.71. The fourth-order valence-corrected chi connectivity index (χ4v) is 2.26. The number of nitrogens with one attached hydrogen (secondary N) is 1. The summed E-state index contributed by atoms with van der Waals surface area (Å²) in [5.41, 5.74) is 0.994. The van der Waals surface area contributed by atoms with Gasteiger partial charge in [-0.3, -0.25) is 9.67 Å². The summed E-state index contributed by atoms with van der Waals surface area (Å²) >= 11 is 5.33. The van der Waals surface area contributed by atoms with Crippen LogP contribution in [0, 0.1) is 4.77 Å². The highest BCUT2D eigenvalue weighted by Crippen LogP contribution is 2.20. The van der Waals surface area contributed by atoms with Gasteiger partial charge in [-0.1, -0.05) is 19.9 Å². The fourth-order valence-electron chi connectivity index (χ4n) is 2.00. The van der Waals surface area contributed by atoms with Gasteiger partial charge in [0.05, 0.1) is 11.8 Å². The number of hydrogen-bond acceptors (Lipinski definition) is 3. The zero-order valence-corrected chi connectivity index (χ0v) is 13.0. The highest BCUT2D eigenvalue weighted by atomic mass is 32.1. The van der Waals surface area contributed by atoms with Crippen LogP contribution in [0.15, 0.2) is 24.3 Å². The lowest BCUT2D eigenvalue weighted by molar-refractivity contribution is 0.217. The quantitative estimate of drug-likeness (QED) is 0.816. The molecule has 1 N–H and O–H groups in total. The number of aromatic nitrogens is 3. The molecule has 20 heavy (non-hydrogen) atoms. The van der Waals surface area contributed by atoms with Crippen LogP contribution in [0.1, 0.15) is 39.4 Å². The number of H-pyrrole nitrogens is 1. The number of aryl methyl sites for hydroxylation is 1. The fraction of sp³-hybridized carbons (Fsp3) is 0.467. The summed E-state index contributed by atoms with van der Waals surface area (Å²) in [7, 11) is 0. The molecule has 1 unspecified atom stereocenters. The van der Waals surface area contributed by atoms with Gasteiger partial charge in [-0.05, 0) is 44.1 Å². The summed E-state index contributed by atoms with van der Waals surface area (Å²) in [6, 6.07) is 7.99. The van der Waals surface area contributed by atoms with Crippen LogP contribution in [-0.4, -0.2) is 20.9 Å². The van der Waals surface area contributed by atoms with E-state index in [-0.39, 0.29) is 6.10 Å². The third kappa shape index (κ3) is 3.28. The van der Waals surface area contributed by atoms with E-state index in [1.165, 1.54) is 0 Å². The SMILES string of the molecule is CCCc1n[nH]c(=S)n1-c1cccc(OC(C)CC)c1. The first kappa shape index (κ1) is 14.8. The first-order valence-electron chi connectivity index (χ1n) is 7.09. The van der Waals surface area contributed by atoms with Crippen molar-refractivity contribution >= 4 is 12.2 Å². The van der Waals surface area contributed by atoms with Crippen molar-refractivity contribution in [3.63, 3.8) is 0 Å². The maximum absolute atomic E-state index is 5.86. The van der Waals surface area contributed by atoms with E-state index in [9.17, 15) is 0 Å². The molecule has 0 radical (unpaired) electrons. The van der Waals surface area contributed by atoms with Gasteiger partial charge >= 0.3 is 0 Å². The second-order valence-corrected chi connectivity index (χ2v) is 5.25. The van der Waals surface area contributed by atoms with Crippen LogP contribution < -0.4 is 4.74 Å². The van der Waals surface area contributed by atoms with Gasteiger partial charge < -0.3 is 4.74 Å². The largest absolute Gasteiger partial charge is 0.491 e. The molecule has 1 atom stereocenters. The molecule has 2 rings (SSSR count). The Balaban J connectivity index is 2.36. The van der Waals surface area contributed by atoms with Gasteiger partial charge in [-0.25, -0.2) is 0 Å². The van der Waals surface area contributed by atoms with Gasteiger partial charge in [0.25, 0.3) is 0 Å². The summed E-state index contributed by atoms with van der Waals surface area (Å²) in [6.07, 6.45) is 3.11. The van der Waals surface area contributed by atoms with E-state index >= 15 is 0 Å². The molecule has 0 fully saturated rings. The third-order valence-electron chi connectivity index (χ3n) is 3.20. The Morgan fingerprint density at radius 3 is 2.90 bits per heavy atom. The van der Waals surface area contributed by atoms with Crippen molar-refractivity contribution in [2.75, 3.05) is 0 Å². The molecule has 0 spiro atoms. The molecule has 0 aliphatic heterocycles. The standard InChI is InChI=1S/C15H21N3OS/c1-4-7-14-16-17-15(20)18(14)12-8-6-9-13(10-12)19-11(3)5-2/h6,8-11H,4-5,7H2,1-3H3,(H,17,20). The Morgan fingerprint density at radius 1 is 1.40 bits per heavy atom. The van der Waals surface area contributed by atoms with Crippen LogP contribution in [0.4, 0.5) is 0 Å². The molecule has 0 amide bonds. The van der Waals surface area contributed by atoms with Crippen molar-refractivity contribution in [1.29, 1.82) is 0 Å². The zero-order valence-electron chi connectivity index (χ0n) is 12.2. The van der Waals surface area contributed by atoms with Gasteiger partial charge in [0.2, 0.25) is 0 Å². The minimum Gasteiger partial charge on any atom is -0.491 e. The maximum atomic E-state index is 5.86. The predicted octanol–water partition coefficient (Wildman–Crippen LogP) is 4.06. The zero-order chi connectivity index (χ0) is 14.5. The molecule has 1 heterocycles. The van der Waals surface area contributed by atoms with E-state index in [0.29, 0.717) is 4.77 Å². The summed E-state index contributed by atoms with van der Waals surface area (Å²) < 4.78 is 8.46. The third-order valence-corrected chi connectivity index (χ3v) is 3.48. The van der Waals surface area contributed by atoms with Gasteiger partial charge in [0.1, 0.15) is 11.6 Å². The Hall–Kier alpha value is -1.62. The van der Waals surface area contributed by atoms with Gasteiger partial charge in [-0.2, -0.15) is 5.10 Å². The summed E-state index contributed by atoms with van der Waals surface area (Å²) in [6.45, 7) is 6.31. The topological polar surface area (TPSA) is 42.8 Å². The minimum atomic E-state index is 0.206. The number of hydrogen-bond donors (Lipinski definition) is 1. The molecule has 108 valence electrons. The average Bonchev–Trinajstić information content (AvgIpc) is 2.80. The Kier molecular flexibility index (Phi) is 4.95. The first-order chi connectivity index (χ1) is 9.65. The second-order valence-electron chi connectivity index (χ2n) is 4.86. The molecule has 1 aromatic heterocycles. The van der Waals surface area contributed by atoms with Crippen molar-refractivity contribution < 1.29 is 4.74 Å². The molecule has 0 saturated heterocycles. The molecule has 0 aliphatic rings. The number of rotatable bonds is 6. The molecule has 1 aromatic carbocycles.